The van der Waals surface area contributed by atoms with E-state index in [9.17, 15) is 0 Å². The quantitative estimate of drug-likeness (QED) is 0.655. The zero-order chi connectivity index (χ0) is 11.6. The summed E-state index contributed by atoms with van der Waals surface area (Å²) in [5.74, 6) is 0.953. The maximum atomic E-state index is 5.39. The molecular formula is C12H21NO3. The smallest absolute Gasteiger partial charge is 0.120 e. The molecule has 0 saturated heterocycles. The van der Waals surface area contributed by atoms with E-state index in [1.165, 1.54) is 0 Å². The van der Waals surface area contributed by atoms with E-state index in [1.54, 1.807) is 6.26 Å². The number of nitrogens with one attached hydrogen (secondary N) is 1. The second-order valence-corrected chi connectivity index (χ2v) is 3.50. The van der Waals surface area contributed by atoms with Crippen LogP contribution >= 0.6 is 0 Å². The van der Waals surface area contributed by atoms with E-state index in [2.05, 4.69) is 12.2 Å². The predicted octanol–water partition coefficient (Wildman–Crippen LogP) is 1.98. The van der Waals surface area contributed by atoms with Gasteiger partial charge < -0.3 is 19.2 Å². The Hall–Kier alpha value is -0.840. The Bertz CT molecular complexity index is 249. The molecule has 0 radical (unpaired) electrons. The van der Waals surface area contributed by atoms with Crippen molar-refractivity contribution in [1.82, 2.24) is 5.32 Å². The van der Waals surface area contributed by atoms with Crippen LogP contribution in [0.3, 0.4) is 0 Å². The largest absolute Gasteiger partial charge is 0.468 e. The fourth-order valence-electron chi connectivity index (χ4n) is 1.35. The molecule has 92 valence electrons. The highest BCUT2D eigenvalue weighted by Crippen LogP contribution is 2.11. The zero-order valence-corrected chi connectivity index (χ0v) is 10.1. The molecule has 0 bridgehead atoms. The van der Waals surface area contributed by atoms with E-state index >= 15 is 0 Å². The van der Waals surface area contributed by atoms with Gasteiger partial charge in [0.1, 0.15) is 5.76 Å². The first kappa shape index (κ1) is 13.2. The molecule has 16 heavy (non-hydrogen) atoms. The minimum atomic E-state index is 0.227. The standard InChI is InChI=1S/C12H21NO3/c1-3-14-9-10-15-8-6-13-11(2)12-5-4-7-16-12/h4-5,7,11,13H,3,6,8-10H2,1-2H3. The molecule has 1 N–H and O–H groups in total. The highest BCUT2D eigenvalue weighted by Gasteiger charge is 2.05. The molecule has 1 atom stereocenters. The average molecular weight is 227 g/mol. The molecule has 4 nitrogen and oxygen atoms in total. The second kappa shape index (κ2) is 8.33. The van der Waals surface area contributed by atoms with E-state index in [4.69, 9.17) is 13.9 Å². The van der Waals surface area contributed by atoms with E-state index in [1.807, 2.05) is 19.1 Å². The average Bonchev–Trinajstić information content (AvgIpc) is 2.81. The lowest BCUT2D eigenvalue weighted by atomic mass is 10.2. The lowest BCUT2D eigenvalue weighted by molar-refractivity contribution is 0.0533. The summed E-state index contributed by atoms with van der Waals surface area (Å²) < 4.78 is 15.8. The number of rotatable bonds is 9. The summed E-state index contributed by atoms with van der Waals surface area (Å²) in [5.41, 5.74) is 0. The van der Waals surface area contributed by atoms with Crippen molar-refractivity contribution < 1.29 is 13.9 Å². The summed E-state index contributed by atoms with van der Waals surface area (Å²) in [6.45, 7) is 7.63. The molecule has 0 aliphatic rings. The number of hydrogen-bond acceptors (Lipinski definition) is 4. The van der Waals surface area contributed by atoms with Crippen molar-refractivity contribution in [2.45, 2.75) is 19.9 Å². The molecule has 1 aromatic rings. The van der Waals surface area contributed by atoms with Crippen molar-refractivity contribution in [2.75, 3.05) is 33.0 Å². The third-order valence-corrected chi connectivity index (χ3v) is 2.24. The molecule has 0 fully saturated rings. The summed E-state index contributed by atoms with van der Waals surface area (Å²) in [7, 11) is 0. The molecule has 0 spiro atoms. The first-order valence-corrected chi connectivity index (χ1v) is 5.77. The van der Waals surface area contributed by atoms with Gasteiger partial charge in [-0.1, -0.05) is 0 Å². The van der Waals surface area contributed by atoms with Crippen molar-refractivity contribution in [3.05, 3.63) is 24.2 Å². The highest BCUT2D eigenvalue weighted by atomic mass is 16.5. The van der Waals surface area contributed by atoms with Crippen molar-refractivity contribution in [3.63, 3.8) is 0 Å². The topological polar surface area (TPSA) is 43.6 Å². The summed E-state index contributed by atoms with van der Waals surface area (Å²) in [6, 6.07) is 4.09. The number of ether oxygens (including phenoxy) is 2. The van der Waals surface area contributed by atoms with Crippen LogP contribution in [0.25, 0.3) is 0 Å². The molecule has 0 aliphatic heterocycles. The SMILES string of the molecule is CCOCCOCCNC(C)c1ccco1. The van der Waals surface area contributed by atoms with Gasteiger partial charge in [0.15, 0.2) is 0 Å². The number of hydrogen-bond donors (Lipinski definition) is 1. The summed E-state index contributed by atoms with van der Waals surface area (Å²) >= 11 is 0. The Balaban J connectivity index is 1.95. The number of furan rings is 1. The van der Waals surface area contributed by atoms with Gasteiger partial charge in [0.05, 0.1) is 32.1 Å². The Labute approximate surface area is 96.9 Å². The van der Waals surface area contributed by atoms with E-state index in [0.717, 1.165) is 18.9 Å². The normalized spacial score (nSPS) is 12.9. The Morgan fingerprint density at radius 2 is 2.12 bits per heavy atom. The summed E-state index contributed by atoms with van der Waals surface area (Å²) in [5, 5.41) is 3.32. The first-order chi connectivity index (χ1) is 7.84. The van der Waals surface area contributed by atoms with Crippen LogP contribution in [0.2, 0.25) is 0 Å². The van der Waals surface area contributed by atoms with Crippen LogP contribution in [0.4, 0.5) is 0 Å². The lowest BCUT2D eigenvalue weighted by Crippen LogP contribution is -2.23. The maximum absolute atomic E-state index is 5.39. The summed E-state index contributed by atoms with van der Waals surface area (Å²) in [4.78, 5) is 0. The lowest BCUT2D eigenvalue weighted by Gasteiger charge is -2.11. The van der Waals surface area contributed by atoms with Crippen LogP contribution < -0.4 is 5.32 Å². The Kier molecular flexibility index (Phi) is 6.88. The summed E-state index contributed by atoms with van der Waals surface area (Å²) in [6.07, 6.45) is 1.69. The Morgan fingerprint density at radius 1 is 1.31 bits per heavy atom. The highest BCUT2D eigenvalue weighted by molar-refractivity contribution is 5.02. The molecule has 0 amide bonds. The van der Waals surface area contributed by atoms with Crippen molar-refractivity contribution in [3.8, 4) is 0 Å². The van der Waals surface area contributed by atoms with Gasteiger partial charge in [-0.15, -0.1) is 0 Å². The molecule has 0 aromatic carbocycles. The van der Waals surface area contributed by atoms with Crippen LogP contribution in [0.5, 0.6) is 0 Å². The van der Waals surface area contributed by atoms with Gasteiger partial charge in [-0.25, -0.2) is 0 Å². The molecule has 4 heteroatoms. The van der Waals surface area contributed by atoms with Gasteiger partial charge in [-0.2, -0.15) is 0 Å². The fourth-order valence-corrected chi connectivity index (χ4v) is 1.35. The second-order valence-electron chi connectivity index (χ2n) is 3.50. The monoisotopic (exact) mass is 227 g/mol. The van der Waals surface area contributed by atoms with Gasteiger partial charge in [0, 0.05) is 13.2 Å². The fraction of sp³-hybridized carbons (Fsp3) is 0.667. The van der Waals surface area contributed by atoms with Gasteiger partial charge >= 0.3 is 0 Å². The van der Waals surface area contributed by atoms with Crippen LogP contribution in [-0.4, -0.2) is 33.0 Å². The van der Waals surface area contributed by atoms with E-state index < -0.39 is 0 Å². The minimum Gasteiger partial charge on any atom is -0.468 e. The van der Waals surface area contributed by atoms with Crippen molar-refractivity contribution >= 4 is 0 Å². The van der Waals surface area contributed by atoms with Gasteiger partial charge in [0.25, 0.3) is 0 Å². The minimum absolute atomic E-state index is 0.227. The third kappa shape index (κ3) is 5.30. The van der Waals surface area contributed by atoms with Gasteiger partial charge in [-0.05, 0) is 26.0 Å². The van der Waals surface area contributed by atoms with Crippen LogP contribution in [0.1, 0.15) is 25.6 Å². The van der Waals surface area contributed by atoms with Crippen LogP contribution in [-0.2, 0) is 9.47 Å². The van der Waals surface area contributed by atoms with Crippen molar-refractivity contribution in [1.29, 1.82) is 0 Å². The van der Waals surface area contributed by atoms with Crippen molar-refractivity contribution in [2.24, 2.45) is 0 Å². The van der Waals surface area contributed by atoms with Crippen LogP contribution in [0.15, 0.2) is 22.8 Å². The third-order valence-electron chi connectivity index (χ3n) is 2.24. The zero-order valence-electron chi connectivity index (χ0n) is 10.1. The van der Waals surface area contributed by atoms with E-state index in [-0.39, 0.29) is 6.04 Å². The first-order valence-electron chi connectivity index (χ1n) is 5.77. The molecule has 1 heterocycles. The molecular weight excluding hydrogens is 206 g/mol. The van der Waals surface area contributed by atoms with Gasteiger partial charge in [0.2, 0.25) is 0 Å². The molecule has 1 unspecified atom stereocenters. The maximum Gasteiger partial charge on any atom is 0.120 e. The Morgan fingerprint density at radius 3 is 2.81 bits per heavy atom. The van der Waals surface area contributed by atoms with Crippen LogP contribution in [0, 0.1) is 0 Å². The van der Waals surface area contributed by atoms with E-state index in [0.29, 0.717) is 19.8 Å². The molecule has 0 saturated carbocycles. The van der Waals surface area contributed by atoms with Gasteiger partial charge in [-0.3, -0.25) is 0 Å². The molecule has 1 rings (SSSR count). The molecule has 1 aromatic heterocycles. The molecule has 0 aliphatic carbocycles. The predicted molar refractivity (Wildman–Crippen MR) is 62.4 cm³/mol.